The molecule has 0 fully saturated rings. The Balaban J connectivity index is 1.96. The van der Waals surface area contributed by atoms with Crippen LogP contribution in [0.4, 0.5) is 5.69 Å². The molecule has 38 heavy (non-hydrogen) atoms. The third-order valence-electron chi connectivity index (χ3n) is 6.20. The van der Waals surface area contributed by atoms with Gasteiger partial charge in [-0.3, -0.25) is 13.9 Å². The standard InChI is InChI=1S/C29H34BrN3O4S/c1-4-5-19-31-29(35)23(3)32(20-24-13-15-25(30)16-14-24)28(34)21-33(26-9-7-6-8-10-26)38(36,37)27-17-11-22(2)12-18-27/h6-18,23H,4-5,19-21H2,1-3H3,(H,31,35)/t23-/m1/s1. The molecule has 0 aliphatic heterocycles. The first-order valence-electron chi connectivity index (χ1n) is 12.6. The van der Waals surface area contributed by atoms with Crippen LogP contribution in [0.2, 0.25) is 0 Å². The molecule has 3 aromatic rings. The normalized spacial score (nSPS) is 12.0. The third kappa shape index (κ3) is 7.68. The first kappa shape index (κ1) is 29.4. The first-order chi connectivity index (χ1) is 18.1. The average molecular weight is 601 g/mol. The van der Waals surface area contributed by atoms with E-state index in [0.717, 1.165) is 32.7 Å². The minimum absolute atomic E-state index is 0.0876. The van der Waals surface area contributed by atoms with Crippen LogP contribution in [0.15, 0.2) is 88.2 Å². The Bertz CT molecular complexity index is 1310. The molecule has 1 N–H and O–H groups in total. The molecule has 3 rings (SSSR count). The second-order valence-corrected chi connectivity index (χ2v) is 11.9. The second kappa shape index (κ2) is 13.6. The molecule has 0 heterocycles. The van der Waals surface area contributed by atoms with Gasteiger partial charge in [-0.1, -0.05) is 77.3 Å². The molecule has 0 saturated carbocycles. The molecular weight excluding hydrogens is 566 g/mol. The van der Waals surface area contributed by atoms with Crippen LogP contribution in [0, 0.1) is 6.92 Å². The quantitative estimate of drug-likeness (QED) is 0.287. The Morgan fingerprint density at radius 2 is 1.58 bits per heavy atom. The van der Waals surface area contributed by atoms with Crippen LogP contribution in [-0.2, 0) is 26.2 Å². The molecule has 9 heteroatoms. The van der Waals surface area contributed by atoms with Crippen LogP contribution in [0.3, 0.4) is 0 Å². The molecule has 0 spiro atoms. The Morgan fingerprint density at radius 1 is 0.947 bits per heavy atom. The zero-order chi connectivity index (χ0) is 27.7. The van der Waals surface area contributed by atoms with Crippen LogP contribution >= 0.6 is 15.9 Å². The Morgan fingerprint density at radius 3 is 2.18 bits per heavy atom. The molecule has 3 aromatic carbocycles. The molecule has 0 radical (unpaired) electrons. The summed E-state index contributed by atoms with van der Waals surface area (Å²) in [5, 5.41) is 2.89. The van der Waals surface area contributed by atoms with E-state index in [1.165, 1.54) is 17.0 Å². The number of nitrogens with zero attached hydrogens (tertiary/aromatic N) is 2. The Labute approximate surface area is 234 Å². The Hall–Kier alpha value is -3.17. The number of unbranched alkanes of at least 4 members (excludes halogenated alkanes) is 1. The average Bonchev–Trinajstić information content (AvgIpc) is 2.91. The van der Waals surface area contributed by atoms with Gasteiger partial charge in [-0.05, 0) is 62.2 Å². The van der Waals surface area contributed by atoms with Gasteiger partial charge >= 0.3 is 0 Å². The van der Waals surface area contributed by atoms with Gasteiger partial charge in [0.25, 0.3) is 10.0 Å². The summed E-state index contributed by atoms with van der Waals surface area (Å²) in [4.78, 5) is 28.3. The number of hydrogen-bond acceptors (Lipinski definition) is 4. The molecule has 202 valence electrons. The predicted octanol–water partition coefficient (Wildman–Crippen LogP) is 5.29. The molecule has 0 aliphatic rings. The summed E-state index contributed by atoms with van der Waals surface area (Å²) in [5.41, 5.74) is 2.11. The number of benzene rings is 3. The van der Waals surface area contributed by atoms with Crippen molar-refractivity contribution in [3.8, 4) is 0 Å². The molecule has 1 atom stereocenters. The maximum atomic E-state index is 13.8. The van der Waals surface area contributed by atoms with E-state index in [-0.39, 0.29) is 17.3 Å². The molecule has 0 saturated heterocycles. The van der Waals surface area contributed by atoms with Gasteiger partial charge in [-0.25, -0.2) is 8.42 Å². The van der Waals surface area contributed by atoms with Gasteiger partial charge < -0.3 is 10.2 Å². The summed E-state index contributed by atoms with van der Waals surface area (Å²) in [6.45, 7) is 5.79. The molecular formula is C29H34BrN3O4S. The van der Waals surface area contributed by atoms with Crippen molar-refractivity contribution in [2.75, 3.05) is 17.4 Å². The van der Waals surface area contributed by atoms with Crippen LogP contribution in [-0.4, -0.2) is 44.3 Å². The minimum Gasteiger partial charge on any atom is -0.354 e. The number of amides is 2. The minimum atomic E-state index is -4.06. The highest BCUT2D eigenvalue weighted by Gasteiger charge is 2.32. The number of sulfonamides is 1. The van der Waals surface area contributed by atoms with Crippen molar-refractivity contribution in [2.45, 2.75) is 51.1 Å². The highest BCUT2D eigenvalue weighted by Crippen LogP contribution is 2.25. The van der Waals surface area contributed by atoms with Gasteiger partial charge in [0, 0.05) is 17.6 Å². The lowest BCUT2D eigenvalue weighted by atomic mass is 10.1. The highest BCUT2D eigenvalue weighted by molar-refractivity contribution is 9.10. The van der Waals surface area contributed by atoms with Crippen LogP contribution < -0.4 is 9.62 Å². The smallest absolute Gasteiger partial charge is 0.264 e. The summed E-state index contributed by atoms with van der Waals surface area (Å²) in [6, 6.07) is 21.7. The number of rotatable bonds is 12. The maximum Gasteiger partial charge on any atom is 0.264 e. The van der Waals surface area contributed by atoms with Gasteiger partial charge in [-0.15, -0.1) is 0 Å². The van der Waals surface area contributed by atoms with E-state index in [1.807, 2.05) is 38.1 Å². The highest BCUT2D eigenvalue weighted by atomic mass is 79.9. The number of nitrogens with one attached hydrogen (secondary N) is 1. The fraction of sp³-hybridized carbons (Fsp3) is 0.310. The third-order valence-corrected chi connectivity index (χ3v) is 8.51. The van der Waals surface area contributed by atoms with Crippen molar-refractivity contribution in [1.29, 1.82) is 0 Å². The number of carbonyl (C=O) groups excluding carboxylic acids is 2. The van der Waals surface area contributed by atoms with E-state index in [4.69, 9.17) is 0 Å². The van der Waals surface area contributed by atoms with Crippen LogP contribution in [0.25, 0.3) is 0 Å². The lowest BCUT2D eigenvalue weighted by molar-refractivity contribution is -0.139. The molecule has 0 bridgehead atoms. The van der Waals surface area contributed by atoms with E-state index >= 15 is 0 Å². The van der Waals surface area contributed by atoms with Crippen LogP contribution in [0.1, 0.15) is 37.8 Å². The summed E-state index contributed by atoms with van der Waals surface area (Å²) in [5.74, 6) is -0.762. The van der Waals surface area contributed by atoms with Gasteiger partial charge in [0.15, 0.2) is 0 Å². The van der Waals surface area contributed by atoms with Gasteiger partial charge in [0.2, 0.25) is 11.8 Å². The molecule has 7 nitrogen and oxygen atoms in total. The molecule has 0 aliphatic carbocycles. The van der Waals surface area contributed by atoms with Crippen molar-refractivity contribution in [3.63, 3.8) is 0 Å². The molecule has 0 unspecified atom stereocenters. The van der Waals surface area contributed by atoms with Gasteiger partial charge in [0.1, 0.15) is 12.6 Å². The van der Waals surface area contributed by atoms with E-state index in [2.05, 4.69) is 21.2 Å². The zero-order valence-corrected chi connectivity index (χ0v) is 24.3. The number of hydrogen-bond donors (Lipinski definition) is 1. The number of anilines is 1. The Kier molecular flexibility index (Phi) is 10.5. The van der Waals surface area contributed by atoms with E-state index in [1.54, 1.807) is 49.4 Å². The predicted molar refractivity (Wildman–Crippen MR) is 154 cm³/mol. The lowest BCUT2D eigenvalue weighted by Crippen LogP contribution is -2.51. The number of halogens is 1. The fourth-order valence-electron chi connectivity index (χ4n) is 3.87. The SMILES string of the molecule is CCCCNC(=O)[C@@H](C)N(Cc1ccc(Br)cc1)C(=O)CN(c1ccccc1)S(=O)(=O)c1ccc(C)cc1. The number of carbonyl (C=O) groups is 2. The van der Waals surface area contributed by atoms with Crippen molar-refractivity contribution < 1.29 is 18.0 Å². The first-order valence-corrected chi connectivity index (χ1v) is 14.8. The van der Waals surface area contributed by atoms with Crippen LogP contribution in [0.5, 0.6) is 0 Å². The summed E-state index contributed by atoms with van der Waals surface area (Å²) >= 11 is 3.42. The molecule has 0 aromatic heterocycles. The van der Waals surface area contributed by atoms with Crippen molar-refractivity contribution in [2.24, 2.45) is 0 Å². The van der Waals surface area contributed by atoms with Crippen molar-refractivity contribution in [3.05, 3.63) is 94.5 Å². The fourth-order valence-corrected chi connectivity index (χ4v) is 5.54. The summed E-state index contributed by atoms with van der Waals surface area (Å²) < 4.78 is 29.5. The topological polar surface area (TPSA) is 86.8 Å². The maximum absolute atomic E-state index is 13.8. The largest absolute Gasteiger partial charge is 0.354 e. The summed E-state index contributed by atoms with van der Waals surface area (Å²) in [7, 11) is -4.06. The van der Waals surface area contributed by atoms with E-state index < -0.39 is 28.5 Å². The molecule has 2 amide bonds. The second-order valence-electron chi connectivity index (χ2n) is 9.13. The lowest BCUT2D eigenvalue weighted by Gasteiger charge is -2.32. The summed E-state index contributed by atoms with van der Waals surface area (Å²) in [6.07, 6.45) is 1.76. The van der Waals surface area contributed by atoms with Crippen molar-refractivity contribution in [1.82, 2.24) is 10.2 Å². The monoisotopic (exact) mass is 599 g/mol. The van der Waals surface area contributed by atoms with Gasteiger partial charge in [-0.2, -0.15) is 0 Å². The number of para-hydroxylation sites is 1. The van der Waals surface area contributed by atoms with Gasteiger partial charge in [0.05, 0.1) is 10.6 Å². The number of aryl methyl sites for hydroxylation is 1. The van der Waals surface area contributed by atoms with E-state index in [9.17, 15) is 18.0 Å². The van der Waals surface area contributed by atoms with Crippen molar-refractivity contribution >= 4 is 43.5 Å². The van der Waals surface area contributed by atoms with E-state index in [0.29, 0.717) is 12.2 Å². The zero-order valence-electron chi connectivity index (χ0n) is 21.9.